The fraction of sp³-hybridized carbons (Fsp3) is 0.833. The quantitative estimate of drug-likeness (QED) is 0.858. The Balaban J connectivity index is 1.18. The lowest BCUT2D eigenvalue weighted by Gasteiger charge is -2.24. The third-order valence-electron chi connectivity index (χ3n) is 6.74. The van der Waals surface area contributed by atoms with Crippen molar-refractivity contribution in [3.05, 3.63) is 11.9 Å². The van der Waals surface area contributed by atoms with Crippen LogP contribution < -0.4 is 0 Å². The molecule has 5 nitrogen and oxygen atoms in total. The summed E-state index contributed by atoms with van der Waals surface area (Å²) in [6, 6.07) is 0.332. The lowest BCUT2D eigenvalue weighted by Crippen LogP contribution is -2.31. The van der Waals surface area contributed by atoms with E-state index in [4.69, 9.17) is 0 Å². The highest BCUT2D eigenvalue weighted by Gasteiger charge is 2.41. The van der Waals surface area contributed by atoms with Gasteiger partial charge in [-0.15, -0.1) is 5.10 Å². The summed E-state index contributed by atoms with van der Waals surface area (Å²) in [7, 11) is 0. The number of aromatic nitrogens is 3. The van der Waals surface area contributed by atoms with Crippen molar-refractivity contribution >= 4 is 5.91 Å². The first-order valence-corrected chi connectivity index (χ1v) is 9.46. The van der Waals surface area contributed by atoms with E-state index >= 15 is 0 Å². The minimum Gasteiger partial charge on any atom is -0.340 e. The molecule has 1 aliphatic heterocycles. The topological polar surface area (TPSA) is 51.0 Å². The number of carbonyl (C=O) groups excluding carboxylic acids is 1. The van der Waals surface area contributed by atoms with Gasteiger partial charge < -0.3 is 4.90 Å². The number of amides is 1. The van der Waals surface area contributed by atoms with Crippen LogP contribution in [-0.2, 0) is 4.79 Å². The van der Waals surface area contributed by atoms with Gasteiger partial charge in [0.25, 0.3) is 0 Å². The summed E-state index contributed by atoms with van der Waals surface area (Å²) in [4.78, 5) is 14.7. The van der Waals surface area contributed by atoms with Gasteiger partial charge in [-0.3, -0.25) is 4.79 Å². The molecule has 2 bridgehead atoms. The van der Waals surface area contributed by atoms with Crippen molar-refractivity contribution < 1.29 is 4.79 Å². The Kier molecular flexibility index (Phi) is 3.24. The van der Waals surface area contributed by atoms with E-state index in [2.05, 4.69) is 21.4 Å². The summed E-state index contributed by atoms with van der Waals surface area (Å²) < 4.78 is 2.01. The van der Waals surface area contributed by atoms with Gasteiger partial charge in [-0.1, -0.05) is 11.6 Å². The normalized spacial score (nSPS) is 36.1. The van der Waals surface area contributed by atoms with Crippen molar-refractivity contribution in [1.82, 2.24) is 19.9 Å². The molecule has 3 saturated carbocycles. The molecule has 0 N–H and O–H groups in total. The van der Waals surface area contributed by atoms with Crippen LogP contribution in [0.2, 0.25) is 0 Å². The largest absolute Gasteiger partial charge is 0.340 e. The monoisotopic (exact) mass is 314 g/mol. The lowest BCUT2D eigenvalue weighted by atomic mass is 9.86. The first-order chi connectivity index (χ1) is 11.3. The zero-order valence-corrected chi connectivity index (χ0v) is 13.7. The number of carbonyl (C=O) groups is 1. The van der Waals surface area contributed by atoms with Crippen LogP contribution in [-0.4, -0.2) is 38.9 Å². The molecule has 1 aromatic heterocycles. The highest BCUT2D eigenvalue weighted by atomic mass is 16.2. The minimum atomic E-state index is 0.332. The average molecular weight is 314 g/mol. The van der Waals surface area contributed by atoms with Gasteiger partial charge in [-0.2, -0.15) is 0 Å². The molecule has 0 spiro atoms. The molecule has 1 aromatic rings. The molecule has 4 fully saturated rings. The molecule has 4 unspecified atom stereocenters. The maximum absolute atomic E-state index is 12.7. The van der Waals surface area contributed by atoms with Gasteiger partial charge in [-0.05, 0) is 56.3 Å². The second kappa shape index (κ2) is 5.32. The number of fused-ring (bicyclic) bond motifs is 2. The maximum Gasteiger partial charge on any atom is 0.222 e. The van der Waals surface area contributed by atoms with Crippen LogP contribution in [0.4, 0.5) is 0 Å². The van der Waals surface area contributed by atoms with Crippen molar-refractivity contribution in [2.45, 2.75) is 63.3 Å². The van der Waals surface area contributed by atoms with Crippen LogP contribution in [0.3, 0.4) is 0 Å². The van der Waals surface area contributed by atoms with E-state index < -0.39 is 0 Å². The van der Waals surface area contributed by atoms with Crippen molar-refractivity contribution in [1.29, 1.82) is 0 Å². The molecule has 124 valence electrons. The Labute approximate surface area is 137 Å². The first kappa shape index (κ1) is 14.0. The van der Waals surface area contributed by atoms with Crippen LogP contribution >= 0.6 is 0 Å². The molecule has 0 radical (unpaired) electrons. The Morgan fingerprint density at radius 1 is 1.17 bits per heavy atom. The van der Waals surface area contributed by atoms with E-state index in [-0.39, 0.29) is 0 Å². The second-order valence-electron chi connectivity index (χ2n) is 8.32. The lowest BCUT2D eigenvalue weighted by molar-refractivity contribution is -0.131. The van der Waals surface area contributed by atoms with E-state index in [9.17, 15) is 4.79 Å². The van der Waals surface area contributed by atoms with Gasteiger partial charge in [0.2, 0.25) is 5.91 Å². The van der Waals surface area contributed by atoms with E-state index in [0.717, 1.165) is 43.5 Å². The van der Waals surface area contributed by atoms with Crippen molar-refractivity contribution in [2.24, 2.45) is 17.8 Å². The van der Waals surface area contributed by atoms with Gasteiger partial charge in [0, 0.05) is 31.6 Å². The molecule has 5 rings (SSSR count). The highest BCUT2D eigenvalue weighted by Crippen LogP contribution is 2.49. The molecule has 4 aliphatic rings. The van der Waals surface area contributed by atoms with Crippen molar-refractivity contribution in [2.75, 3.05) is 13.1 Å². The number of rotatable bonds is 4. The standard InChI is InChI=1S/C18H26N4O/c23-18(9-15-8-12-1-2-14(15)7-12)21-6-5-16(10-21)22-11-17(19-20-22)13-3-4-13/h11-16H,1-10H2. The van der Waals surface area contributed by atoms with Gasteiger partial charge in [0.15, 0.2) is 0 Å². The van der Waals surface area contributed by atoms with Crippen LogP contribution in [0.15, 0.2) is 6.20 Å². The fourth-order valence-corrected chi connectivity index (χ4v) is 5.20. The Bertz CT molecular complexity index is 608. The van der Waals surface area contributed by atoms with E-state index in [1.807, 2.05) is 4.68 Å². The zero-order valence-electron chi connectivity index (χ0n) is 13.7. The van der Waals surface area contributed by atoms with Crippen LogP contribution in [0.25, 0.3) is 0 Å². The third kappa shape index (κ3) is 2.58. The number of hydrogen-bond acceptors (Lipinski definition) is 3. The number of hydrogen-bond donors (Lipinski definition) is 0. The molecule has 5 heteroatoms. The molecule has 3 aliphatic carbocycles. The fourth-order valence-electron chi connectivity index (χ4n) is 5.20. The predicted octanol–water partition coefficient (Wildman–Crippen LogP) is 2.76. The molecule has 0 aromatic carbocycles. The van der Waals surface area contributed by atoms with Gasteiger partial charge in [-0.25, -0.2) is 4.68 Å². The summed E-state index contributed by atoms with van der Waals surface area (Å²) in [5, 5.41) is 8.63. The molecule has 1 saturated heterocycles. The van der Waals surface area contributed by atoms with Crippen molar-refractivity contribution in [3.8, 4) is 0 Å². The summed E-state index contributed by atoms with van der Waals surface area (Å²) in [6.07, 6.45) is 11.9. The van der Waals surface area contributed by atoms with Crippen LogP contribution in [0, 0.1) is 17.8 Å². The van der Waals surface area contributed by atoms with Crippen LogP contribution in [0.1, 0.15) is 69.0 Å². The zero-order chi connectivity index (χ0) is 15.4. The minimum absolute atomic E-state index is 0.332. The molecule has 4 atom stereocenters. The first-order valence-electron chi connectivity index (χ1n) is 9.46. The van der Waals surface area contributed by atoms with Gasteiger partial charge in [0.1, 0.15) is 0 Å². The van der Waals surface area contributed by atoms with Crippen molar-refractivity contribution in [3.63, 3.8) is 0 Å². The number of likely N-dealkylation sites (tertiary alicyclic amines) is 1. The summed E-state index contributed by atoms with van der Waals surface area (Å²) in [6.45, 7) is 1.72. The van der Waals surface area contributed by atoms with Gasteiger partial charge in [0.05, 0.1) is 11.7 Å². The summed E-state index contributed by atoms with van der Waals surface area (Å²) >= 11 is 0. The van der Waals surface area contributed by atoms with Crippen LogP contribution in [0.5, 0.6) is 0 Å². The summed E-state index contributed by atoms with van der Waals surface area (Å²) in [5.41, 5.74) is 1.15. The second-order valence-corrected chi connectivity index (χ2v) is 8.32. The van der Waals surface area contributed by atoms with E-state index in [0.29, 0.717) is 23.8 Å². The van der Waals surface area contributed by atoms with E-state index in [1.165, 1.54) is 38.5 Å². The molecular weight excluding hydrogens is 288 g/mol. The average Bonchev–Trinajstić information content (AvgIpc) is 3.01. The Morgan fingerprint density at radius 3 is 2.83 bits per heavy atom. The number of nitrogens with zero attached hydrogens (tertiary/aromatic N) is 4. The molecule has 23 heavy (non-hydrogen) atoms. The third-order valence-corrected chi connectivity index (χ3v) is 6.74. The van der Waals surface area contributed by atoms with Gasteiger partial charge >= 0.3 is 0 Å². The maximum atomic E-state index is 12.7. The molecule has 2 heterocycles. The SMILES string of the molecule is O=C(CC1CC2CCC1C2)N1CCC(n2cc(C3CC3)nn2)C1. The Morgan fingerprint density at radius 2 is 2.09 bits per heavy atom. The van der Waals surface area contributed by atoms with E-state index in [1.54, 1.807) is 0 Å². The smallest absolute Gasteiger partial charge is 0.222 e. The predicted molar refractivity (Wildman–Crippen MR) is 85.8 cm³/mol. The Hall–Kier alpha value is -1.39. The molecule has 1 amide bonds. The summed E-state index contributed by atoms with van der Waals surface area (Å²) in [5.74, 6) is 3.49. The molecular formula is C18H26N4O. The highest BCUT2D eigenvalue weighted by molar-refractivity contribution is 5.76.